The number of hydrogen-bond donors (Lipinski definition) is 0. The zero-order valence-electron chi connectivity index (χ0n) is 10.00. The van der Waals surface area contributed by atoms with Crippen molar-refractivity contribution in [3.05, 3.63) is 58.9 Å². The van der Waals surface area contributed by atoms with Crippen LogP contribution in [-0.2, 0) is 6.54 Å². The van der Waals surface area contributed by atoms with E-state index < -0.39 is 0 Å². The lowest BCUT2D eigenvalue weighted by Gasteiger charge is -2.06. The fraction of sp³-hybridized carbons (Fsp3) is 0.143. The summed E-state index contributed by atoms with van der Waals surface area (Å²) in [4.78, 5) is 12.1. The minimum absolute atomic E-state index is 0.0277. The molecule has 0 saturated heterocycles. The number of benzene rings is 1. The Kier molecular flexibility index (Phi) is 3.89. The van der Waals surface area contributed by atoms with Gasteiger partial charge in [0.1, 0.15) is 10.4 Å². The van der Waals surface area contributed by atoms with Crippen molar-refractivity contribution in [1.29, 1.82) is 0 Å². The minimum Gasteiger partial charge on any atom is -0.497 e. The molecule has 4 heteroatoms. The van der Waals surface area contributed by atoms with Gasteiger partial charge in [-0.3, -0.25) is 4.79 Å². The molecule has 1 heterocycles. The van der Waals surface area contributed by atoms with E-state index in [1.54, 1.807) is 42.0 Å². The molecule has 1 aromatic carbocycles. The van der Waals surface area contributed by atoms with Crippen LogP contribution in [0.3, 0.4) is 0 Å². The number of ether oxygens (including phenoxy) is 1. The summed E-state index contributed by atoms with van der Waals surface area (Å²) in [6.07, 6.45) is 1.81. The number of pyridine rings is 1. The van der Waals surface area contributed by atoms with Gasteiger partial charge in [0.05, 0.1) is 13.7 Å². The maximum atomic E-state index is 12.1. The average molecular weight is 259 g/mol. The molecule has 0 atom stereocenters. The Hall–Kier alpha value is -1.94. The summed E-state index contributed by atoms with van der Waals surface area (Å²) in [5.41, 5.74) is 0.654. The molecule has 0 radical (unpaired) electrons. The van der Waals surface area contributed by atoms with Crippen LogP contribution in [0.4, 0.5) is 0 Å². The summed E-state index contributed by atoms with van der Waals surface area (Å²) < 4.78 is 7.46. The Bertz CT molecular complexity index is 602. The Balaban J connectivity index is 2.17. The van der Waals surface area contributed by atoms with Crippen LogP contribution in [-0.4, -0.2) is 17.5 Å². The summed E-state index contributed by atoms with van der Waals surface area (Å²) >= 11 is 5.15. The standard InChI is InChI=1S/C14H13NO2S/c1-17-12-7-5-11(6-8-12)13(16)10-15-9-3-2-4-14(15)18/h2-9H,10H2,1H3. The first-order valence-corrected chi connectivity index (χ1v) is 5.94. The largest absolute Gasteiger partial charge is 0.497 e. The topological polar surface area (TPSA) is 31.2 Å². The molecule has 92 valence electrons. The molecular formula is C14H13NO2S. The Morgan fingerprint density at radius 1 is 1.22 bits per heavy atom. The van der Waals surface area contributed by atoms with E-state index in [-0.39, 0.29) is 12.3 Å². The molecule has 0 fully saturated rings. The number of nitrogens with zero attached hydrogens (tertiary/aromatic N) is 1. The zero-order valence-corrected chi connectivity index (χ0v) is 10.8. The third-order valence-corrected chi connectivity index (χ3v) is 3.00. The number of rotatable bonds is 4. The van der Waals surface area contributed by atoms with Crippen LogP contribution >= 0.6 is 12.2 Å². The van der Waals surface area contributed by atoms with Crippen LogP contribution in [0.25, 0.3) is 0 Å². The summed E-state index contributed by atoms with van der Waals surface area (Å²) in [5.74, 6) is 0.767. The summed E-state index contributed by atoms with van der Waals surface area (Å²) in [6, 6.07) is 12.6. The van der Waals surface area contributed by atoms with Gasteiger partial charge < -0.3 is 9.30 Å². The monoisotopic (exact) mass is 259 g/mol. The molecular weight excluding hydrogens is 246 g/mol. The third-order valence-electron chi connectivity index (χ3n) is 2.62. The van der Waals surface area contributed by atoms with Gasteiger partial charge in [0.15, 0.2) is 5.78 Å². The Morgan fingerprint density at radius 3 is 2.56 bits per heavy atom. The van der Waals surface area contributed by atoms with Crippen molar-refractivity contribution in [3.63, 3.8) is 0 Å². The predicted molar refractivity (Wildman–Crippen MR) is 72.6 cm³/mol. The molecule has 2 aromatic rings. The van der Waals surface area contributed by atoms with E-state index in [2.05, 4.69) is 0 Å². The molecule has 0 spiro atoms. The number of carbonyl (C=O) groups excluding carboxylic acids is 1. The Morgan fingerprint density at radius 2 is 1.94 bits per heavy atom. The predicted octanol–water partition coefficient (Wildman–Crippen LogP) is 3.11. The van der Waals surface area contributed by atoms with Crippen LogP contribution in [0.2, 0.25) is 0 Å². The summed E-state index contributed by atoms with van der Waals surface area (Å²) in [6.45, 7) is 0.256. The van der Waals surface area contributed by atoms with Crippen LogP contribution < -0.4 is 4.74 Å². The SMILES string of the molecule is COc1ccc(C(=O)Cn2ccccc2=S)cc1. The lowest BCUT2D eigenvalue weighted by Crippen LogP contribution is -2.10. The molecule has 0 unspecified atom stereocenters. The second kappa shape index (κ2) is 5.60. The van der Waals surface area contributed by atoms with E-state index in [4.69, 9.17) is 17.0 Å². The van der Waals surface area contributed by atoms with E-state index in [1.807, 2.05) is 18.3 Å². The highest BCUT2D eigenvalue weighted by Crippen LogP contribution is 2.12. The van der Waals surface area contributed by atoms with Crippen molar-refractivity contribution < 1.29 is 9.53 Å². The molecule has 3 nitrogen and oxygen atoms in total. The maximum absolute atomic E-state index is 12.1. The first kappa shape index (κ1) is 12.5. The Labute approximate surface area is 111 Å². The van der Waals surface area contributed by atoms with Crippen molar-refractivity contribution >= 4 is 18.0 Å². The summed E-state index contributed by atoms with van der Waals surface area (Å²) in [7, 11) is 1.60. The smallest absolute Gasteiger partial charge is 0.182 e. The van der Waals surface area contributed by atoms with Crippen molar-refractivity contribution in [3.8, 4) is 5.75 Å². The fourth-order valence-corrected chi connectivity index (χ4v) is 1.82. The van der Waals surface area contributed by atoms with Gasteiger partial charge in [0, 0.05) is 11.8 Å². The van der Waals surface area contributed by atoms with Gasteiger partial charge >= 0.3 is 0 Å². The van der Waals surface area contributed by atoms with Gasteiger partial charge in [-0.15, -0.1) is 0 Å². The zero-order chi connectivity index (χ0) is 13.0. The first-order valence-electron chi connectivity index (χ1n) is 5.53. The lowest BCUT2D eigenvalue weighted by molar-refractivity contribution is 0.0971. The van der Waals surface area contributed by atoms with Gasteiger partial charge in [-0.1, -0.05) is 18.3 Å². The quantitative estimate of drug-likeness (QED) is 0.624. The van der Waals surface area contributed by atoms with Gasteiger partial charge in [-0.2, -0.15) is 0 Å². The minimum atomic E-state index is 0.0277. The van der Waals surface area contributed by atoms with Crippen molar-refractivity contribution in [2.24, 2.45) is 0 Å². The van der Waals surface area contributed by atoms with E-state index in [1.165, 1.54) is 0 Å². The molecule has 0 aliphatic rings. The average Bonchev–Trinajstić information content (AvgIpc) is 2.41. The van der Waals surface area contributed by atoms with Crippen LogP contribution in [0.5, 0.6) is 5.75 Å². The number of ketones is 1. The van der Waals surface area contributed by atoms with Gasteiger partial charge in [0.2, 0.25) is 0 Å². The molecule has 0 amide bonds. The maximum Gasteiger partial charge on any atom is 0.182 e. The van der Waals surface area contributed by atoms with Gasteiger partial charge in [0.25, 0.3) is 0 Å². The second-order valence-corrected chi connectivity index (χ2v) is 4.24. The normalized spacial score (nSPS) is 10.1. The first-order chi connectivity index (χ1) is 8.70. The molecule has 0 aliphatic heterocycles. The second-order valence-electron chi connectivity index (χ2n) is 3.82. The van der Waals surface area contributed by atoms with E-state index >= 15 is 0 Å². The molecule has 0 saturated carbocycles. The molecule has 0 bridgehead atoms. The van der Waals surface area contributed by atoms with E-state index in [9.17, 15) is 4.79 Å². The molecule has 2 rings (SSSR count). The number of hydrogen-bond acceptors (Lipinski definition) is 3. The van der Waals surface area contributed by atoms with Gasteiger partial charge in [-0.25, -0.2) is 0 Å². The highest BCUT2D eigenvalue weighted by Gasteiger charge is 2.06. The third kappa shape index (κ3) is 2.84. The number of Topliss-reactive ketones (excluding diaryl/α,β-unsaturated/α-hetero) is 1. The molecule has 0 aliphatic carbocycles. The van der Waals surface area contributed by atoms with Crippen molar-refractivity contribution in [2.45, 2.75) is 6.54 Å². The van der Waals surface area contributed by atoms with Crippen LogP contribution in [0.1, 0.15) is 10.4 Å². The number of aromatic nitrogens is 1. The van der Waals surface area contributed by atoms with Crippen LogP contribution in [0, 0.1) is 4.64 Å². The molecule has 0 N–H and O–H groups in total. The molecule has 18 heavy (non-hydrogen) atoms. The highest BCUT2D eigenvalue weighted by molar-refractivity contribution is 7.71. The van der Waals surface area contributed by atoms with Crippen molar-refractivity contribution in [2.75, 3.05) is 7.11 Å². The highest BCUT2D eigenvalue weighted by atomic mass is 32.1. The lowest BCUT2D eigenvalue weighted by atomic mass is 10.1. The van der Waals surface area contributed by atoms with E-state index in [0.717, 1.165) is 5.75 Å². The fourth-order valence-electron chi connectivity index (χ4n) is 1.61. The van der Waals surface area contributed by atoms with Crippen LogP contribution in [0.15, 0.2) is 48.7 Å². The molecule has 1 aromatic heterocycles. The van der Waals surface area contributed by atoms with Gasteiger partial charge in [-0.05, 0) is 36.4 Å². The van der Waals surface area contributed by atoms with Crippen molar-refractivity contribution in [1.82, 2.24) is 4.57 Å². The van der Waals surface area contributed by atoms with E-state index in [0.29, 0.717) is 10.2 Å². The summed E-state index contributed by atoms with van der Waals surface area (Å²) in [5, 5.41) is 0. The number of carbonyl (C=O) groups is 1. The number of methoxy groups -OCH3 is 1.